The Morgan fingerprint density at radius 2 is 0.783 bits per heavy atom. The first kappa shape index (κ1) is 16.3. The monoisotopic (exact) mass is 306 g/mol. The summed E-state index contributed by atoms with van der Waals surface area (Å²) in [6.45, 7) is 0. The lowest BCUT2D eigenvalue weighted by Gasteiger charge is -2.08. The van der Waals surface area contributed by atoms with Crippen LogP contribution in [-0.4, -0.2) is 11.6 Å². The smallest absolute Gasteiger partial charge is 0.193 e. The van der Waals surface area contributed by atoms with Crippen molar-refractivity contribution in [2.75, 3.05) is 0 Å². The highest BCUT2D eigenvalue weighted by Gasteiger charge is 2.18. The molecule has 0 saturated heterocycles. The molecule has 0 aliphatic heterocycles. The minimum Gasteiger partial charge on any atom is -0.289 e. The first-order chi connectivity index (χ1) is 10.8. The molecule has 0 aliphatic rings. The third-order valence-corrected chi connectivity index (χ3v) is 3.49. The quantitative estimate of drug-likeness (QED) is 0.673. The lowest BCUT2D eigenvalue weighted by molar-refractivity contribution is 0.100. The van der Waals surface area contributed by atoms with Crippen molar-refractivity contribution in [2.45, 2.75) is 0 Å². The number of carbonyl (C=O) groups excluding carboxylic acids is 2. The predicted octanol–water partition coefficient (Wildman–Crippen LogP) is 4.30. The van der Waals surface area contributed by atoms with Crippen molar-refractivity contribution in [3.63, 3.8) is 0 Å². The van der Waals surface area contributed by atoms with Crippen molar-refractivity contribution in [3.8, 4) is 0 Å². The van der Waals surface area contributed by atoms with Gasteiger partial charge in [0.1, 0.15) is 0 Å². The Morgan fingerprint density at radius 3 is 1.13 bits per heavy atom. The van der Waals surface area contributed by atoms with Crippen LogP contribution >= 0.6 is 0 Å². The van der Waals surface area contributed by atoms with E-state index in [4.69, 9.17) is 0 Å². The molecular weight excluding hydrogens is 291 g/mol. The van der Waals surface area contributed by atoms with Crippen LogP contribution < -0.4 is 0 Å². The fourth-order valence-corrected chi connectivity index (χ4v) is 2.37. The molecule has 3 aromatic rings. The maximum atomic E-state index is 12.7. The zero-order chi connectivity index (χ0) is 15.4. The standard InChI is InChI=1S/C20H14O2.FH/c21-19(15-9-3-1-4-10-15)17-13-7-8-14-18(17)20(22)16-11-5-2-6-12-16;/h1-14H;1H. The van der Waals surface area contributed by atoms with Crippen LogP contribution in [0, 0.1) is 0 Å². The SMILES string of the molecule is F.O=C(c1ccccc1)c1ccccc1C(=O)c1ccccc1. The molecule has 3 aromatic carbocycles. The fourth-order valence-electron chi connectivity index (χ4n) is 2.37. The molecule has 0 atom stereocenters. The molecule has 0 saturated carbocycles. The number of hydrogen-bond donors (Lipinski definition) is 0. The van der Waals surface area contributed by atoms with Crippen molar-refractivity contribution in [1.82, 2.24) is 0 Å². The molecule has 114 valence electrons. The lowest BCUT2D eigenvalue weighted by atomic mass is 9.93. The summed E-state index contributed by atoms with van der Waals surface area (Å²) >= 11 is 0. The summed E-state index contributed by atoms with van der Waals surface area (Å²) in [5.41, 5.74) is 2.02. The Hall–Kier alpha value is -3.07. The summed E-state index contributed by atoms with van der Waals surface area (Å²) in [7, 11) is 0. The van der Waals surface area contributed by atoms with Crippen LogP contribution in [0.2, 0.25) is 0 Å². The number of benzene rings is 3. The first-order valence-corrected chi connectivity index (χ1v) is 7.06. The molecule has 0 unspecified atom stereocenters. The van der Waals surface area contributed by atoms with Crippen LogP contribution in [0.1, 0.15) is 31.8 Å². The number of hydrogen-bond acceptors (Lipinski definition) is 2. The summed E-state index contributed by atoms with van der Waals surface area (Å²) < 4.78 is 0. The van der Waals surface area contributed by atoms with Crippen LogP contribution in [0.15, 0.2) is 84.9 Å². The van der Waals surface area contributed by atoms with Gasteiger partial charge < -0.3 is 0 Å². The highest BCUT2D eigenvalue weighted by molar-refractivity contribution is 6.19. The Labute approximate surface area is 133 Å². The molecular formula is C20H15FO2. The van der Waals surface area contributed by atoms with Gasteiger partial charge in [-0.1, -0.05) is 84.9 Å². The van der Waals surface area contributed by atoms with Crippen LogP contribution in [0.5, 0.6) is 0 Å². The minimum atomic E-state index is -0.138. The molecule has 3 heteroatoms. The minimum absolute atomic E-state index is 0. The van der Waals surface area contributed by atoms with Gasteiger partial charge in [0.05, 0.1) is 0 Å². The molecule has 0 fully saturated rings. The van der Waals surface area contributed by atoms with Gasteiger partial charge in [-0.3, -0.25) is 14.3 Å². The molecule has 0 aromatic heterocycles. The number of halogens is 1. The summed E-state index contributed by atoms with van der Waals surface area (Å²) in [4.78, 5) is 25.3. The summed E-state index contributed by atoms with van der Waals surface area (Å²) in [6, 6.07) is 25.0. The van der Waals surface area contributed by atoms with Crippen molar-refractivity contribution in [3.05, 3.63) is 107 Å². The molecule has 0 heterocycles. The third-order valence-electron chi connectivity index (χ3n) is 3.49. The Morgan fingerprint density at radius 1 is 0.478 bits per heavy atom. The number of rotatable bonds is 4. The van der Waals surface area contributed by atoms with E-state index in [-0.39, 0.29) is 16.3 Å². The average molecular weight is 306 g/mol. The van der Waals surface area contributed by atoms with Gasteiger partial charge in [0.15, 0.2) is 11.6 Å². The summed E-state index contributed by atoms with van der Waals surface area (Å²) in [6.07, 6.45) is 0. The van der Waals surface area contributed by atoms with Gasteiger partial charge in [-0.25, -0.2) is 0 Å². The van der Waals surface area contributed by atoms with E-state index in [0.717, 1.165) is 0 Å². The van der Waals surface area contributed by atoms with Crippen molar-refractivity contribution in [2.24, 2.45) is 0 Å². The zero-order valence-electron chi connectivity index (χ0n) is 12.3. The van der Waals surface area contributed by atoms with Gasteiger partial charge in [0.2, 0.25) is 0 Å². The Kier molecular flexibility index (Phi) is 5.15. The summed E-state index contributed by atoms with van der Waals surface area (Å²) in [5.74, 6) is -0.277. The van der Waals surface area contributed by atoms with Crippen LogP contribution in [0.3, 0.4) is 0 Å². The maximum Gasteiger partial charge on any atom is 0.193 e. The molecule has 23 heavy (non-hydrogen) atoms. The van der Waals surface area contributed by atoms with Gasteiger partial charge in [-0.05, 0) is 0 Å². The van der Waals surface area contributed by atoms with Crippen molar-refractivity contribution >= 4 is 11.6 Å². The number of ketones is 2. The fraction of sp³-hybridized carbons (Fsp3) is 0. The van der Waals surface area contributed by atoms with E-state index in [1.54, 1.807) is 48.5 Å². The second kappa shape index (κ2) is 7.27. The topological polar surface area (TPSA) is 34.1 Å². The van der Waals surface area contributed by atoms with E-state index in [1.165, 1.54) is 0 Å². The van der Waals surface area contributed by atoms with Gasteiger partial charge >= 0.3 is 0 Å². The average Bonchev–Trinajstić information content (AvgIpc) is 2.62. The molecule has 3 rings (SSSR count). The van der Waals surface area contributed by atoms with Crippen LogP contribution in [0.4, 0.5) is 4.70 Å². The first-order valence-electron chi connectivity index (χ1n) is 7.06. The normalized spacial score (nSPS) is 9.74. The second-order valence-corrected chi connectivity index (χ2v) is 4.94. The van der Waals surface area contributed by atoms with Gasteiger partial charge in [0, 0.05) is 22.3 Å². The zero-order valence-corrected chi connectivity index (χ0v) is 12.3. The molecule has 0 aliphatic carbocycles. The van der Waals surface area contributed by atoms with E-state index in [9.17, 15) is 9.59 Å². The Bertz CT molecular complexity index is 741. The van der Waals surface area contributed by atoms with Gasteiger partial charge in [0.25, 0.3) is 0 Å². The van der Waals surface area contributed by atoms with Crippen LogP contribution in [0.25, 0.3) is 0 Å². The van der Waals surface area contributed by atoms with E-state index in [0.29, 0.717) is 22.3 Å². The van der Waals surface area contributed by atoms with Crippen molar-refractivity contribution in [1.29, 1.82) is 0 Å². The van der Waals surface area contributed by atoms with E-state index in [1.807, 2.05) is 36.4 Å². The third kappa shape index (κ3) is 3.40. The van der Waals surface area contributed by atoms with E-state index < -0.39 is 0 Å². The van der Waals surface area contributed by atoms with Gasteiger partial charge in [-0.15, -0.1) is 0 Å². The Balaban J connectivity index is 0.00000192. The number of carbonyl (C=O) groups is 2. The van der Waals surface area contributed by atoms with Crippen LogP contribution in [-0.2, 0) is 0 Å². The molecule has 0 bridgehead atoms. The molecule has 0 amide bonds. The molecule has 0 N–H and O–H groups in total. The maximum absolute atomic E-state index is 12.7. The summed E-state index contributed by atoms with van der Waals surface area (Å²) in [5, 5.41) is 0. The molecule has 0 radical (unpaired) electrons. The highest BCUT2D eigenvalue weighted by atomic mass is 19.0. The van der Waals surface area contributed by atoms with E-state index >= 15 is 0 Å². The second-order valence-electron chi connectivity index (χ2n) is 4.94. The highest BCUT2D eigenvalue weighted by Crippen LogP contribution is 2.18. The van der Waals surface area contributed by atoms with E-state index in [2.05, 4.69) is 0 Å². The molecule has 0 spiro atoms. The van der Waals surface area contributed by atoms with Gasteiger partial charge in [-0.2, -0.15) is 0 Å². The lowest BCUT2D eigenvalue weighted by Crippen LogP contribution is -2.10. The molecule has 2 nitrogen and oxygen atoms in total. The largest absolute Gasteiger partial charge is 0.289 e. The predicted molar refractivity (Wildman–Crippen MR) is 88.7 cm³/mol. The van der Waals surface area contributed by atoms with Crippen molar-refractivity contribution < 1.29 is 14.3 Å².